The Bertz CT molecular complexity index is 598. The van der Waals surface area contributed by atoms with E-state index in [1.54, 1.807) is 0 Å². The summed E-state index contributed by atoms with van der Waals surface area (Å²) in [5.41, 5.74) is 1.03. The number of para-hydroxylation sites is 2. The molecule has 2 aliphatic rings. The van der Waals surface area contributed by atoms with Crippen molar-refractivity contribution in [3.63, 3.8) is 0 Å². The number of hydrogen-bond donors (Lipinski definition) is 0. The number of benzene rings is 1. The van der Waals surface area contributed by atoms with Crippen LogP contribution in [0.25, 0.3) is 0 Å². The largest absolute Gasteiger partial charge is 0.348 e. The molecule has 3 heteroatoms. The van der Waals surface area contributed by atoms with E-state index in [1.807, 2.05) is 60.6 Å². The number of likely N-dealkylation sites (N-methyl/N-ethyl adjacent to an activating group) is 1. The molecule has 0 amide bonds. The molecular weight excluding hydrogens is 198 g/mol. The minimum absolute atomic E-state index is 0.782. The minimum Gasteiger partial charge on any atom is -0.348 e. The normalized spacial score (nSPS) is 17.2. The maximum Gasteiger partial charge on any atom is 0.177 e. The van der Waals surface area contributed by atoms with E-state index < -0.39 is 0 Å². The summed E-state index contributed by atoms with van der Waals surface area (Å²) < 4.78 is 0. The van der Waals surface area contributed by atoms with E-state index in [2.05, 4.69) is 9.98 Å². The van der Waals surface area contributed by atoms with Gasteiger partial charge in [-0.3, -0.25) is 0 Å². The molecule has 0 aromatic heterocycles. The third-order valence-corrected chi connectivity index (χ3v) is 2.62. The second kappa shape index (κ2) is 3.45. The van der Waals surface area contributed by atoms with Crippen LogP contribution in [-0.2, 0) is 0 Å². The van der Waals surface area contributed by atoms with Gasteiger partial charge in [0.2, 0.25) is 0 Å². The number of rotatable bonds is 0. The number of hydrogen-bond acceptors (Lipinski definition) is 3. The van der Waals surface area contributed by atoms with Crippen LogP contribution in [0.5, 0.6) is 0 Å². The monoisotopic (exact) mass is 209 g/mol. The van der Waals surface area contributed by atoms with Gasteiger partial charge in [-0.25, -0.2) is 9.98 Å². The second-order valence-electron chi connectivity index (χ2n) is 3.73. The third-order valence-electron chi connectivity index (χ3n) is 2.62. The van der Waals surface area contributed by atoms with Crippen molar-refractivity contribution < 1.29 is 0 Å². The van der Waals surface area contributed by atoms with Gasteiger partial charge in [-0.2, -0.15) is 0 Å². The zero-order valence-electron chi connectivity index (χ0n) is 8.96. The molecule has 1 aromatic rings. The van der Waals surface area contributed by atoms with E-state index in [1.165, 1.54) is 0 Å². The van der Waals surface area contributed by atoms with Gasteiger partial charge in [0.15, 0.2) is 5.82 Å². The SMILES string of the molecule is CN1C=CC=CC1=C1N=c2ccccc2=N1. The summed E-state index contributed by atoms with van der Waals surface area (Å²) in [5, 5.41) is 1.89. The fraction of sp³-hybridized carbons (Fsp3) is 0.0769. The van der Waals surface area contributed by atoms with Gasteiger partial charge in [0.1, 0.15) is 0 Å². The lowest BCUT2D eigenvalue weighted by atomic mass is 10.3. The van der Waals surface area contributed by atoms with Gasteiger partial charge in [-0.15, -0.1) is 0 Å². The first kappa shape index (κ1) is 9.09. The van der Waals surface area contributed by atoms with Crippen LogP contribution in [0, 0.1) is 0 Å². The highest BCUT2D eigenvalue weighted by Gasteiger charge is 2.11. The van der Waals surface area contributed by atoms with Crippen LogP contribution in [0.3, 0.4) is 0 Å². The smallest absolute Gasteiger partial charge is 0.177 e. The van der Waals surface area contributed by atoms with Crippen molar-refractivity contribution in [2.24, 2.45) is 9.98 Å². The van der Waals surface area contributed by atoms with Crippen LogP contribution < -0.4 is 10.7 Å². The molecule has 0 unspecified atom stereocenters. The first-order valence-electron chi connectivity index (χ1n) is 5.19. The highest BCUT2D eigenvalue weighted by atomic mass is 15.1. The molecule has 3 nitrogen and oxygen atoms in total. The molecule has 0 aliphatic carbocycles. The Morgan fingerprint density at radius 2 is 1.69 bits per heavy atom. The van der Waals surface area contributed by atoms with Gasteiger partial charge in [-0.1, -0.05) is 18.2 Å². The van der Waals surface area contributed by atoms with Crippen molar-refractivity contribution in [3.8, 4) is 0 Å². The quantitative estimate of drug-likeness (QED) is 0.629. The van der Waals surface area contributed by atoms with Gasteiger partial charge < -0.3 is 4.90 Å². The van der Waals surface area contributed by atoms with Gasteiger partial charge in [-0.05, 0) is 24.3 Å². The fourth-order valence-electron chi connectivity index (χ4n) is 1.78. The highest BCUT2D eigenvalue weighted by Crippen LogP contribution is 2.16. The third kappa shape index (κ3) is 1.37. The Balaban J connectivity index is 2.19. The Hall–Kier alpha value is -2.16. The number of nitrogens with zero attached hydrogens (tertiary/aromatic N) is 3. The van der Waals surface area contributed by atoms with Crippen molar-refractivity contribution in [2.45, 2.75) is 0 Å². The zero-order valence-corrected chi connectivity index (χ0v) is 8.96. The molecule has 0 atom stereocenters. The average molecular weight is 209 g/mol. The topological polar surface area (TPSA) is 28.0 Å². The van der Waals surface area contributed by atoms with E-state index in [9.17, 15) is 0 Å². The fourth-order valence-corrected chi connectivity index (χ4v) is 1.78. The first-order chi connectivity index (χ1) is 7.84. The van der Waals surface area contributed by atoms with Gasteiger partial charge >= 0.3 is 0 Å². The summed E-state index contributed by atoms with van der Waals surface area (Å²) in [7, 11) is 2.00. The summed E-state index contributed by atoms with van der Waals surface area (Å²) >= 11 is 0. The van der Waals surface area contributed by atoms with E-state index >= 15 is 0 Å². The van der Waals surface area contributed by atoms with Gasteiger partial charge in [0, 0.05) is 13.2 Å². The molecule has 0 fully saturated rings. The molecule has 78 valence electrons. The molecule has 0 bridgehead atoms. The molecule has 0 radical (unpaired) electrons. The summed E-state index contributed by atoms with van der Waals surface area (Å²) in [6, 6.07) is 7.92. The Morgan fingerprint density at radius 1 is 1.00 bits per heavy atom. The maximum absolute atomic E-state index is 4.51. The van der Waals surface area contributed by atoms with Crippen molar-refractivity contribution in [1.29, 1.82) is 0 Å². The van der Waals surface area contributed by atoms with E-state index in [0.717, 1.165) is 22.2 Å². The van der Waals surface area contributed by atoms with E-state index in [-0.39, 0.29) is 0 Å². The molecular formula is C13H11N3. The van der Waals surface area contributed by atoms with Crippen LogP contribution in [0.2, 0.25) is 0 Å². The summed E-state index contributed by atoms with van der Waals surface area (Å²) in [6.07, 6.45) is 8.01. The lowest BCUT2D eigenvalue weighted by molar-refractivity contribution is 0.573. The maximum atomic E-state index is 4.51. The summed E-state index contributed by atoms with van der Waals surface area (Å²) in [4.78, 5) is 11.0. The van der Waals surface area contributed by atoms with Crippen molar-refractivity contribution in [2.75, 3.05) is 7.05 Å². The van der Waals surface area contributed by atoms with Crippen molar-refractivity contribution >= 4 is 0 Å². The van der Waals surface area contributed by atoms with Crippen LogP contribution in [0.15, 0.2) is 70.2 Å². The Labute approximate surface area is 93.5 Å². The van der Waals surface area contributed by atoms with E-state index in [0.29, 0.717) is 0 Å². The molecule has 0 saturated heterocycles. The molecule has 16 heavy (non-hydrogen) atoms. The predicted molar refractivity (Wildman–Crippen MR) is 61.8 cm³/mol. The van der Waals surface area contributed by atoms with Crippen LogP contribution in [0.1, 0.15) is 0 Å². The summed E-state index contributed by atoms with van der Waals surface area (Å²) in [5.74, 6) is 0.782. The van der Waals surface area contributed by atoms with Crippen molar-refractivity contribution in [1.82, 2.24) is 4.90 Å². The number of fused-ring (bicyclic) bond motifs is 1. The van der Waals surface area contributed by atoms with Gasteiger partial charge in [0.25, 0.3) is 0 Å². The number of allylic oxidation sites excluding steroid dienone is 3. The van der Waals surface area contributed by atoms with Gasteiger partial charge in [0.05, 0.1) is 16.4 Å². The minimum atomic E-state index is 0.782. The standard InChI is InChI=1S/C13H11N3/c1-16-9-5-4-8-12(16)13-14-10-6-2-3-7-11(10)15-13/h2-9H,1H3. The molecule has 0 N–H and O–H groups in total. The lowest BCUT2D eigenvalue weighted by Crippen LogP contribution is -2.19. The molecule has 0 spiro atoms. The average Bonchev–Trinajstić information content (AvgIpc) is 2.73. The van der Waals surface area contributed by atoms with Crippen LogP contribution in [-0.4, -0.2) is 11.9 Å². The Kier molecular flexibility index (Phi) is 1.96. The molecule has 2 heterocycles. The highest BCUT2D eigenvalue weighted by molar-refractivity contribution is 5.32. The summed E-state index contributed by atoms with van der Waals surface area (Å²) in [6.45, 7) is 0. The zero-order chi connectivity index (χ0) is 11.0. The molecule has 0 saturated carbocycles. The first-order valence-corrected chi connectivity index (χ1v) is 5.19. The predicted octanol–water partition coefficient (Wildman–Crippen LogP) is 1.12. The van der Waals surface area contributed by atoms with Crippen LogP contribution in [0.4, 0.5) is 0 Å². The van der Waals surface area contributed by atoms with Crippen LogP contribution >= 0.6 is 0 Å². The van der Waals surface area contributed by atoms with Crippen molar-refractivity contribution in [3.05, 3.63) is 70.9 Å². The molecule has 2 aliphatic heterocycles. The van der Waals surface area contributed by atoms with E-state index in [4.69, 9.17) is 0 Å². The molecule has 3 rings (SSSR count). The lowest BCUT2D eigenvalue weighted by Gasteiger charge is -2.17. The Morgan fingerprint density at radius 3 is 2.31 bits per heavy atom. The second-order valence-corrected chi connectivity index (χ2v) is 3.73. The molecule has 1 aromatic carbocycles.